The molecule has 0 radical (unpaired) electrons. The van der Waals surface area contributed by atoms with Gasteiger partial charge in [-0.1, -0.05) is 13.3 Å². The average molecular weight is 293 g/mol. The summed E-state index contributed by atoms with van der Waals surface area (Å²) in [5, 5.41) is 0. The van der Waals surface area contributed by atoms with Crippen molar-refractivity contribution in [3.8, 4) is 11.5 Å². The number of alkyl halides is 2. The molecule has 0 aliphatic heterocycles. The van der Waals surface area contributed by atoms with Crippen molar-refractivity contribution in [2.75, 3.05) is 25.6 Å². The molecular formula is C13H18F3NO3. The fourth-order valence-electron chi connectivity index (χ4n) is 1.42. The van der Waals surface area contributed by atoms with E-state index in [0.717, 1.165) is 25.0 Å². The maximum absolute atomic E-state index is 13.3. The Morgan fingerprint density at radius 3 is 2.55 bits per heavy atom. The third-order valence-electron chi connectivity index (χ3n) is 2.41. The highest BCUT2D eigenvalue weighted by Crippen LogP contribution is 2.31. The van der Waals surface area contributed by atoms with Crippen LogP contribution in [0.15, 0.2) is 12.1 Å². The van der Waals surface area contributed by atoms with Gasteiger partial charge < -0.3 is 19.9 Å². The zero-order valence-corrected chi connectivity index (χ0v) is 11.2. The van der Waals surface area contributed by atoms with Gasteiger partial charge in [-0.15, -0.1) is 0 Å². The van der Waals surface area contributed by atoms with E-state index in [1.807, 2.05) is 6.92 Å². The largest absolute Gasteiger partial charge is 0.489 e. The van der Waals surface area contributed by atoms with E-state index in [0.29, 0.717) is 13.2 Å². The fourth-order valence-corrected chi connectivity index (χ4v) is 1.42. The van der Waals surface area contributed by atoms with E-state index < -0.39 is 18.2 Å². The highest BCUT2D eigenvalue weighted by atomic mass is 19.3. The third-order valence-corrected chi connectivity index (χ3v) is 2.41. The van der Waals surface area contributed by atoms with Gasteiger partial charge in [-0.3, -0.25) is 0 Å². The summed E-state index contributed by atoms with van der Waals surface area (Å²) in [7, 11) is 0. The fraction of sp³-hybridized carbons (Fsp3) is 0.538. The first-order valence-corrected chi connectivity index (χ1v) is 6.29. The minimum absolute atomic E-state index is 0.0117. The Labute approximate surface area is 115 Å². The Kier molecular flexibility index (Phi) is 7.00. The normalized spacial score (nSPS) is 10.8. The van der Waals surface area contributed by atoms with Gasteiger partial charge in [0, 0.05) is 18.7 Å². The number of hydrogen-bond acceptors (Lipinski definition) is 4. The smallest absolute Gasteiger partial charge is 0.387 e. The maximum atomic E-state index is 13.3. The summed E-state index contributed by atoms with van der Waals surface area (Å²) in [4.78, 5) is 0. The Bertz CT molecular complexity index is 416. The van der Waals surface area contributed by atoms with Crippen LogP contribution in [0.3, 0.4) is 0 Å². The first-order valence-electron chi connectivity index (χ1n) is 6.29. The lowest BCUT2D eigenvalue weighted by atomic mass is 10.2. The van der Waals surface area contributed by atoms with Crippen molar-refractivity contribution in [3.63, 3.8) is 0 Å². The molecule has 1 aromatic rings. The molecule has 1 aromatic carbocycles. The number of nitrogen functional groups attached to an aromatic ring is 1. The molecule has 0 saturated heterocycles. The standard InChI is InChI=1S/C13H18F3NO3/c1-2-3-4-18-5-6-19-12-8-11(20-13(15)16)9(14)7-10(12)17/h7-8,13H,2-6,17H2,1H3. The van der Waals surface area contributed by atoms with Gasteiger partial charge in [0.1, 0.15) is 12.4 Å². The van der Waals surface area contributed by atoms with Gasteiger partial charge in [0.05, 0.1) is 12.3 Å². The topological polar surface area (TPSA) is 53.7 Å². The molecule has 114 valence electrons. The zero-order chi connectivity index (χ0) is 15.0. The number of rotatable bonds is 9. The van der Waals surface area contributed by atoms with E-state index in [9.17, 15) is 13.2 Å². The van der Waals surface area contributed by atoms with Crippen LogP contribution in [0.2, 0.25) is 0 Å². The Morgan fingerprint density at radius 1 is 1.15 bits per heavy atom. The second-order valence-corrected chi connectivity index (χ2v) is 4.01. The average Bonchev–Trinajstić information content (AvgIpc) is 2.38. The minimum Gasteiger partial charge on any atom is -0.489 e. The number of benzene rings is 1. The highest BCUT2D eigenvalue weighted by Gasteiger charge is 2.14. The summed E-state index contributed by atoms with van der Waals surface area (Å²) < 4.78 is 52.0. The van der Waals surface area contributed by atoms with E-state index in [-0.39, 0.29) is 18.0 Å². The second-order valence-electron chi connectivity index (χ2n) is 4.01. The van der Waals surface area contributed by atoms with Crippen LogP contribution in [-0.2, 0) is 4.74 Å². The van der Waals surface area contributed by atoms with Crippen molar-refractivity contribution in [2.24, 2.45) is 0 Å². The summed E-state index contributed by atoms with van der Waals surface area (Å²) >= 11 is 0. The quantitative estimate of drug-likeness (QED) is 0.561. The summed E-state index contributed by atoms with van der Waals surface area (Å²) in [6.45, 7) is 0.0795. The van der Waals surface area contributed by atoms with Crippen molar-refractivity contribution >= 4 is 5.69 Å². The predicted molar refractivity (Wildman–Crippen MR) is 68.7 cm³/mol. The summed E-state index contributed by atoms with van der Waals surface area (Å²) in [5.41, 5.74) is 5.55. The van der Waals surface area contributed by atoms with Crippen LogP contribution in [0.5, 0.6) is 11.5 Å². The van der Waals surface area contributed by atoms with Crippen molar-refractivity contribution in [2.45, 2.75) is 26.4 Å². The number of ether oxygens (including phenoxy) is 3. The number of unbranched alkanes of at least 4 members (excludes halogenated alkanes) is 1. The van der Waals surface area contributed by atoms with Crippen LogP contribution in [0, 0.1) is 5.82 Å². The molecule has 0 amide bonds. The second kappa shape index (κ2) is 8.52. The molecule has 4 nitrogen and oxygen atoms in total. The molecule has 0 aromatic heterocycles. The minimum atomic E-state index is -3.11. The Balaban J connectivity index is 2.52. The van der Waals surface area contributed by atoms with Crippen LogP contribution >= 0.6 is 0 Å². The monoisotopic (exact) mass is 293 g/mol. The Hall–Kier alpha value is -1.63. The summed E-state index contributed by atoms with van der Waals surface area (Å²) in [6, 6.07) is 1.88. The lowest BCUT2D eigenvalue weighted by Gasteiger charge is -2.12. The van der Waals surface area contributed by atoms with Crippen LogP contribution in [0.1, 0.15) is 19.8 Å². The zero-order valence-electron chi connectivity index (χ0n) is 11.2. The van der Waals surface area contributed by atoms with Crippen molar-refractivity contribution in [1.29, 1.82) is 0 Å². The van der Waals surface area contributed by atoms with Gasteiger partial charge in [0.2, 0.25) is 0 Å². The number of halogens is 3. The molecule has 0 fully saturated rings. The van der Waals surface area contributed by atoms with E-state index in [2.05, 4.69) is 4.74 Å². The van der Waals surface area contributed by atoms with Gasteiger partial charge in [-0.05, 0) is 6.42 Å². The number of hydrogen-bond donors (Lipinski definition) is 1. The van der Waals surface area contributed by atoms with Crippen molar-refractivity contribution in [1.82, 2.24) is 0 Å². The molecule has 0 atom stereocenters. The van der Waals surface area contributed by atoms with Gasteiger partial charge >= 0.3 is 6.61 Å². The van der Waals surface area contributed by atoms with Gasteiger partial charge in [-0.25, -0.2) is 4.39 Å². The highest BCUT2D eigenvalue weighted by molar-refractivity contribution is 5.56. The molecule has 0 aliphatic carbocycles. The number of nitrogens with two attached hydrogens (primary N) is 1. The molecule has 0 spiro atoms. The third kappa shape index (κ3) is 5.56. The molecule has 7 heteroatoms. The molecule has 0 unspecified atom stereocenters. The van der Waals surface area contributed by atoms with Gasteiger partial charge in [-0.2, -0.15) is 8.78 Å². The van der Waals surface area contributed by atoms with E-state index in [1.165, 1.54) is 0 Å². The van der Waals surface area contributed by atoms with Crippen molar-refractivity contribution in [3.05, 3.63) is 17.9 Å². The van der Waals surface area contributed by atoms with Gasteiger partial charge in [0.25, 0.3) is 0 Å². The van der Waals surface area contributed by atoms with Crippen LogP contribution < -0.4 is 15.2 Å². The molecule has 0 aliphatic rings. The maximum Gasteiger partial charge on any atom is 0.387 e. The van der Waals surface area contributed by atoms with E-state index >= 15 is 0 Å². The predicted octanol–water partition coefficient (Wildman–Crippen LogP) is 3.20. The van der Waals surface area contributed by atoms with Crippen LogP contribution in [-0.4, -0.2) is 26.4 Å². The lowest BCUT2D eigenvalue weighted by molar-refractivity contribution is -0.0523. The molecular weight excluding hydrogens is 275 g/mol. The SMILES string of the molecule is CCCCOCCOc1cc(OC(F)F)c(F)cc1N. The van der Waals surface area contributed by atoms with Crippen LogP contribution in [0.25, 0.3) is 0 Å². The molecule has 2 N–H and O–H groups in total. The molecule has 1 rings (SSSR count). The molecule has 20 heavy (non-hydrogen) atoms. The molecule has 0 saturated carbocycles. The molecule has 0 heterocycles. The summed E-state index contributed by atoms with van der Waals surface area (Å²) in [5.74, 6) is -1.48. The van der Waals surface area contributed by atoms with Crippen LogP contribution in [0.4, 0.5) is 18.9 Å². The first-order chi connectivity index (χ1) is 9.54. The first kappa shape index (κ1) is 16.4. The van der Waals surface area contributed by atoms with Gasteiger partial charge in [0.15, 0.2) is 11.6 Å². The van der Waals surface area contributed by atoms with E-state index in [1.54, 1.807) is 0 Å². The lowest BCUT2D eigenvalue weighted by Crippen LogP contribution is -2.10. The van der Waals surface area contributed by atoms with Crippen molar-refractivity contribution < 1.29 is 27.4 Å². The van der Waals surface area contributed by atoms with E-state index in [4.69, 9.17) is 15.2 Å². The number of anilines is 1. The Morgan fingerprint density at radius 2 is 1.90 bits per heavy atom. The molecule has 0 bridgehead atoms. The summed E-state index contributed by atoms with van der Waals surface area (Å²) in [6.07, 6.45) is 1.98.